The smallest absolute Gasteiger partial charge is 0.404 e. The molecule has 0 fully saturated rings. The van der Waals surface area contributed by atoms with Crippen LogP contribution in [0.3, 0.4) is 0 Å². The molecule has 0 atom stereocenters. The third-order valence-electron chi connectivity index (χ3n) is 10.1. The number of tetrazole rings is 1. The van der Waals surface area contributed by atoms with Crippen LogP contribution in [0.4, 0.5) is 10.7 Å². The lowest BCUT2D eigenvalue weighted by molar-refractivity contribution is 0.195. The van der Waals surface area contributed by atoms with Gasteiger partial charge < -0.3 is 35.4 Å². The monoisotopic (exact) mass is 893 g/mol. The maximum atomic E-state index is 16.0. The van der Waals surface area contributed by atoms with Crippen molar-refractivity contribution in [1.29, 1.82) is 0 Å². The summed E-state index contributed by atoms with van der Waals surface area (Å²) < 4.78 is 79.7. The minimum Gasteiger partial charge on any atom is -0.497 e. The average Bonchev–Trinajstić information content (AvgIpc) is 3.95. The quantitative estimate of drug-likeness (QED) is 0.0833. The van der Waals surface area contributed by atoms with E-state index in [9.17, 15) is 18.3 Å². The van der Waals surface area contributed by atoms with Gasteiger partial charge >= 0.3 is 6.09 Å². The van der Waals surface area contributed by atoms with Crippen molar-refractivity contribution >= 4 is 31.9 Å². The number of imidazole rings is 1. The minimum atomic E-state index is -4.93. The van der Waals surface area contributed by atoms with Crippen LogP contribution >= 0.6 is 0 Å². The molecule has 0 spiro atoms. The number of methoxy groups -OCH3 is 3. The summed E-state index contributed by atoms with van der Waals surface area (Å²) in [6.07, 6.45) is 0.105. The number of hydrogen-bond acceptors (Lipinski definition) is 13. The van der Waals surface area contributed by atoms with E-state index in [1.165, 1.54) is 35.3 Å². The fraction of sp³-hybridized carbons (Fsp3) is 0.186. The van der Waals surface area contributed by atoms with Gasteiger partial charge in [0.1, 0.15) is 22.1 Å². The number of hydrogen-bond donors (Lipinski definition) is 4. The van der Waals surface area contributed by atoms with E-state index < -0.39 is 48.0 Å². The molecule has 1 amide bonds. The molecule has 0 aliphatic rings. The molecular formula is C43H43N9O9S2. The van der Waals surface area contributed by atoms with Gasteiger partial charge in [0, 0.05) is 25.2 Å². The van der Waals surface area contributed by atoms with E-state index in [0.717, 1.165) is 5.56 Å². The van der Waals surface area contributed by atoms with Gasteiger partial charge in [-0.25, -0.2) is 31.3 Å². The number of nitrogen functional groups attached to an aromatic ring is 1. The predicted molar refractivity (Wildman–Crippen MR) is 233 cm³/mol. The highest BCUT2D eigenvalue weighted by Gasteiger charge is 2.38. The number of carboxylic acid groups (broad SMARTS) is 1. The van der Waals surface area contributed by atoms with Gasteiger partial charge in [0.25, 0.3) is 0 Å². The summed E-state index contributed by atoms with van der Waals surface area (Å²) in [5, 5.41) is 24.0. The Morgan fingerprint density at radius 3 is 1.90 bits per heavy atom. The average molecular weight is 894 g/mol. The zero-order valence-electron chi connectivity index (χ0n) is 34.3. The Bertz CT molecular complexity index is 2890. The van der Waals surface area contributed by atoms with E-state index in [-0.39, 0.29) is 42.5 Å². The number of aromatic nitrogens is 6. The molecule has 20 heteroatoms. The first-order chi connectivity index (χ1) is 30.3. The second-order valence-corrected chi connectivity index (χ2v) is 18.1. The third-order valence-corrected chi connectivity index (χ3v) is 13.8. The Morgan fingerprint density at radius 2 is 1.37 bits per heavy atom. The summed E-state index contributed by atoms with van der Waals surface area (Å²) in [5.74, 6) is 1.05. The van der Waals surface area contributed by atoms with Crippen molar-refractivity contribution in [3.8, 4) is 51.0 Å². The van der Waals surface area contributed by atoms with Crippen LogP contribution in [0.15, 0.2) is 125 Å². The first kappa shape index (κ1) is 43.8. The molecule has 0 bridgehead atoms. The first-order valence-electron chi connectivity index (χ1n) is 19.2. The van der Waals surface area contributed by atoms with Gasteiger partial charge in [-0.3, -0.25) is 0 Å². The largest absolute Gasteiger partial charge is 0.497 e. The van der Waals surface area contributed by atoms with Crippen LogP contribution in [0.5, 0.6) is 17.2 Å². The lowest BCUT2D eigenvalue weighted by atomic mass is 9.96. The molecule has 0 saturated carbocycles. The number of aromatic amines is 1. The number of anilines is 1. The van der Waals surface area contributed by atoms with Crippen molar-refractivity contribution in [1.82, 2.24) is 39.8 Å². The summed E-state index contributed by atoms with van der Waals surface area (Å²) in [6.45, 7) is -0.912. The standard InChI is InChI=1S/C43H43N9O9S2/c1-59-33-13-7-28(8-14-33)25-51(26-29-9-15-34(60-2)16-10-29)63(57,58)40-38(62(55,56)22-21-45-43(53)54)20-19-36(31-5-4-6-32(23-31)37-24-46-42(44)47-37)39(40)41-48-49-50-52(41)27-30-11-17-35(61-3)18-12-30/h4-20,23-24,45H,21-22,25-27H2,1-3H3,(H,53,54)(H3,44,46,47). The van der Waals surface area contributed by atoms with Crippen LogP contribution in [-0.2, 0) is 39.5 Å². The molecule has 0 unspecified atom stereocenters. The Morgan fingerprint density at radius 1 is 0.794 bits per heavy atom. The Labute approximate surface area is 363 Å². The molecule has 0 aliphatic carbocycles. The molecule has 7 rings (SSSR count). The van der Waals surface area contributed by atoms with Gasteiger partial charge in [-0.15, -0.1) is 5.10 Å². The van der Waals surface area contributed by atoms with E-state index in [1.807, 2.05) is 0 Å². The normalized spacial score (nSPS) is 11.7. The zero-order chi connectivity index (χ0) is 44.7. The topological polar surface area (TPSA) is 247 Å². The van der Waals surface area contributed by atoms with E-state index in [2.05, 4.69) is 30.8 Å². The lowest BCUT2D eigenvalue weighted by Crippen LogP contribution is -2.33. The number of H-pyrrole nitrogens is 1. The number of benzene rings is 5. The summed E-state index contributed by atoms with van der Waals surface area (Å²) in [4.78, 5) is 17.4. The Hall–Kier alpha value is -7.29. The number of sulfone groups is 1. The van der Waals surface area contributed by atoms with E-state index in [1.54, 1.807) is 110 Å². The van der Waals surface area contributed by atoms with Crippen LogP contribution in [0.25, 0.3) is 33.8 Å². The molecule has 18 nitrogen and oxygen atoms in total. The fourth-order valence-electron chi connectivity index (χ4n) is 6.89. The highest BCUT2D eigenvalue weighted by Crippen LogP contribution is 2.43. The zero-order valence-corrected chi connectivity index (χ0v) is 35.9. The molecule has 0 saturated heterocycles. The molecule has 5 aromatic carbocycles. The van der Waals surface area contributed by atoms with Crippen LogP contribution in [0.1, 0.15) is 16.7 Å². The highest BCUT2D eigenvalue weighted by molar-refractivity contribution is 7.93. The van der Waals surface area contributed by atoms with Crippen molar-refractivity contribution < 1.29 is 40.9 Å². The number of nitrogens with zero attached hydrogens (tertiary/aromatic N) is 6. The van der Waals surface area contributed by atoms with Crippen LogP contribution in [0.2, 0.25) is 0 Å². The maximum Gasteiger partial charge on any atom is 0.404 e. The van der Waals surface area contributed by atoms with E-state index in [4.69, 9.17) is 19.9 Å². The van der Waals surface area contributed by atoms with Gasteiger partial charge in [0.2, 0.25) is 10.0 Å². The van der Waals surface area contributed by atoms with Gasteiger partial charge in [0.15, 0.2) is 21.6 Å². The molecule has 5 N–H and O–H groups in total. The number of nitrogens with one attached hydrogen (secondary N) is 2. The van der Waals surface area contributed by atoms with Crippen LogP contribution in [0, 0.1) is 0 Å². The number of nitrogens with two attached hydrogens (primary N) is 1. The minimum absolute atomic E-state index is 0.0413. The summed E-state index contributed by atoms with van der Waals surface area (Å²) in [5.41, 5.74) is 9.61. The molecule has 7 aromatic rings. The van der Waals surface area contributed by atoms with Gasteiger partial charge in [-0.05, 0) is 86.8 Å². The predicted octanol–water partition coefficient (Wildman–Crippen LogP) is 5.49. The molecule has 0 aliphatic heterocycles. The number of sulfonamides is 1. The summed E-state index contributed by atoms with van der Waals surface area (Å²) in [6, 6.07) is 30.5. The van der Waals surface area contributed by atoms with Crippen molar-refractivity contribution in [3.63, 3.8) is 0 Å². The highest BCUT2D eigenvalue weighted by atomic mass is 32.2. The van der Waals surface area contributed by atoms with Gasteiger partial charge in [0.05, 0.1) is 56.0 Å². The fourth-order valence-corrected chi connectivity index (χ4v) is 10.5. The lowest BCUT2D eigenvalue weighted by Gasteiger charge is -2.27. The molecule has 63 heavy (non-hydrogen) atoms. The second-order valence-electron chi connectivity index (χ2n) is 14.1. The Kier molecular flexibility index (Phi) is 13.0. The third kappa shape index (κ3) is 9.93. The molecular weight excluding hydrogens is 851 g/mol. The van der Waals surface area contributed by atoms with E-state index >= 15 is 8.42 Å². The molecule has 326 valence electrons. The van der Waals surface area contributed by atoms with Crippen LogP contribution in [-0.4, -0.2) is 96.1 Å². The number of carbonyl (C=O) groups is 1. The SMILES string of the molecule is COc1ccc(CN(Cc2ccc(OC)cc2)S(=O)(=O)c2c(S(=O)(=O)CCNC(=O)O)ccc(-c3cccc(-c4cnc(N)[nH]4)c3)c2-c2nnnn2Cc2ccc(OC)cc2)cc1. The molecule has 0 radical (unpaired) electrons. The van der Waals surface area contributed by atoms with Crippen LogP contribution < -0.4 is 25.3 Å². The summed E-state index contributed by atoms with van der Waals surface area (Å²) in [7, 11) is -4.95. The van der Waals surface area contributed by atoms with Crippen molar-refractivity contribution in [2.75, 3.05) is 39.4 Å². The number of ether oxygens (including phenoxy) is 3. The second kappa shape index (κ2) is 18.8. The Balaban J connectivity index is 1.52. The summed E-state index contributed by atoms with van der Waals surface area (Å²) >= 11 is 0. The maximum absolute atomic E-state index is 16.0. The molecule has 2 aromatic heterocycles. The van der Waals surface area contributed by atoms with Crippen molar-refractivity contribution in [3.05, 3.63) is 132 Å². The van der Waals surface area contributed by atoms with Gasteiger partial charge in [-0.2, -0.15) is 4.31 Å². The first-order valence-corrected chi connectivity index (χ1v) is 22.3. The number of rotatable bonds is 18. The van der Waals surface area contributed by atoms with Crippen molar-refractivity contribution in [2.45, 2.75) is 29.4 Å². The van der Waals surface area contributed by atoms with E-state index in [0.29, 0.717) is 45.2 Å². The van der Waals surface area contributed by atoms with Crippen molar-refractivity contribution in [2.24, 2.45) is 0 Å². The number of amides is 1. The molecule has 2 heterocycles. The van der Waals surface area contributed by atoms with Gasteiger partial charge in [-0.1, -0.05) is 60.7 Å².